The van der Waals surface area contributed by atoms with Gasteiger partial charge in [0.25, 0.3) is 5.91 Å². The molecule has 2 rings (SSSR count). The predicted molar refractivity (Wildman–Crippen MR) is 92.5 cm³/mol. The van der Waals surface area contributed by atoms with Gasteiger partial charge in [0.15, 0.2) is 5.84 Å². The van der Waals surface area contributed by atoms with Crippen LogP contribution in [0.1, 0.15) is 33.5 Å². The van der Waals surface area contributed by atoms with Gasteiger partial charge in [0, 0.05) is 24.1 Å². The molecule has 2 aromatic carbocycles. The van der Waals surface area contributed by atoms with Crippen molar-refractivity contribution >= 4 is 17.7 Å². The molecule has 0 aliphatic rings. The van der Waals surface area contributed by atoms with Crippen LogP contribution in [0.2, 0.25) is 0 Å². The minimum Gasteiger partial charge on any atom is -0.481 e. The molecule has 0 aliphatic carbocycles. The number of nitrogens with zero attached hydrogens (tertiary/aromatic N) is 1. The Balaban J connectivity index is 1.94. The van der Waals surface area contributed by atoms with Crippen LogP contribution < -0.4 is 11.1 Å². The molecule has 7 heteroatoms. The number of oxime groups is 1. The monoisotopic (exact) mass is 341 g/mol. The average molecular weight is 341 g/mol. The van der Waals surface area contributed by atoms with Gasteiger partial charge in [-0.1, -0.05) is 41.6 Å². The van der Waals surface area contributed by atoms with Crippen molar-refractivity contribution in [2.45, 2.75) is 19.4 Å². The summed E-state index contributed by atoms with van der Waals surface area (Å²) in [4.78, 5) is 22.8. The summed E-state index contributed by atoms with van der Waals surface area (Å²) in [5, 5.41) is 23.1. The van der Waals surface area contributed by atoms with Crippen LogP contribution in [0.25, 0.3) is 0 Å². The van der Waals surface area contributed by atoms with Gasteiger partial charge in [-0.2, -0.15) is 0 Å². The van der Waals surface area contributed by atoms with E-state index in [2.05, 4.69) is 10.5 Å². The zero-order valence-electron chi connectivity index (χ0n) is 13.5. The molecule has 0 saturated carbocycles. The smallest absolute Gasteiger partial charge is 0.303 e. The Kier molecular flexibility index (Phi) is 6.11. The van der Waals surface area contributed by atoms with Crippen LogP contribution in [0.5, 0.6) is 0 Å². The van der Waals surface area contributed by atoms with Gasteiger partial charge in [-0.3, -0.25) is 9.59 Å². The van der Waals surface area contributed by atoms with E-state index in [9.17, 15) is 9.59 Å². The van der Waals surface area contributed by atoms with E-state index in [-0.39, 0.29) is 18.2 Å². The fraction of sp³-hybridized carbons (Fsp3) is 0.167. The Bertz CT molecular complexity index is 785. The number of carboxylic acids is 1. The maximum Gasteiger partial charge on any atom is 0.303 e. The van der Waals surface area contributed by atoms with Gasteiger partial charge < -0.3 is 21.4 Å². The van der Waals surface area contributed by atoms with Crippen molar-refractivity contribution in [1.82, 2.24) is 5.32 Å². The molecule has 130 valence electrons. The van der Waals surface area contributed by atoms with Crippen LogP contribution in [-0.4, -0.2) is 28.0 Å². The lowest BCUT2D eigenvalue weighted by Crippen LogP contribution is -2.23. The summed E-state index contributed by atoms with van der Waals surface area (Å²) in [6.45, 7) is 0.339. The number of carboxylic acid groups (broad SMARTS) is 1. The fourth-order valence-electron chi connectivity index (χ4n) is 2.24. The molecule has 0 unspecified atom stereocenters. The van der Waals surface area contributed by atoms with Gasteiger partial charge in [0.05, 0.1) is 0 Å². The maximum absolute atomic E-state index is 12.2. The molecule has 0 atom stereocenters. The summed E-state index contributed by atoms with van der Waals surface area (Å²) < 4.78 is 0. The fourth-order valence-corrected chi connectivity index (χ4v) is 2.24. The first-order valence-electron chi connectivity index (χ1n) is 7.65. The third-order valence-corrected chi connectivity index (χ3v) is 3.63. The van der Waals surface area contributed by atoms with Crippen molar-refractivity contribution in [3.8, 4) is 0 Å². The summed E-state index contributed by atoms with van der Waals surface area (Å²) in [7, 11) is 0. The standard InChI is InChI=1S/C18H19N3O4/c19-17(21-25)14-2-1-3-15(10-14)18(24)20-11-13-6-4-12(5-7-13)8-9-16(22)23/h1-7,10,25H,8-9,11H2,(H2,19,21)(H,20,24)(H,22,23). The van der Waals surface area contributed by atoms with E-state index in [4.69, 9.17) is 16.0 Å². The van der Waals surface area contributed by atoms with Crippen molar-refractivity contribution in [3.63, 3.8) is 0 Å². The number of aliphatic carboxylic acids is 1. The summed E-state index contributed by atoms with van der Waals surface area (Å²) in [6, 6.07) is 13.9. The molecule has 0 saturated heterocycles. The highest BCUT2D eigenvalue weighted by molar-refractivity contribution is 6.01. The van der Waals surface area contributed by atoms with E-state index in [1.165, 1.54) is 0 Å². The number of amidine groups is 1. The summed E-state index contributed by atoms with van der Waals surface area (Å²) in [5.74, 6) is -1.17. The van der Waals surface area contributed by atoms with Gasteiger partial charge in [-0.25, -0.2) is 0 Å². The zero-order chi connectivity index (χ0) is 18.2. The molecule has 0 aromatic heterocycles. The van der Waals surface area contributed by atoms with E-state index < -0.39 is 5.97 Å². The minimum atomic E-state index is -0.828. The SMILES string of the molecule is N/C(=N/O)c1cccc(C(=O)NCc2ccc(CCC(=O)O)cc2)c1. The Morgan fingerprint density at radius 2 is 1.68 bits per heavy atom. The normalized spacial score (nSPS) is 11.1. The van der Waals surface area contributed by atoms with E-state index in [0.717, 1.165) is 11.1 Å². The molecular weight excluding hydrogens is 322 g/mol. The summed E-state index contributed by atoms with van der Waals surface area (Å²) in [6.07, 6.45) is 0.565. The number of aryl methyl sites for hydroxylation is 1. The van der Waals surface area contributed by atoms with Gasteiger partial charge in [0.1, 0.15) is 0 Å². The van der Waals surface area contributed by atoms with Crippen molar-refractivity contribution in [2.24, 2.45) is 10.9 Å². The summed E-state index contributed by atoms with van der Waals surface area (Å²) >= 11 is 0. The Labute approximate surface area is 144 Å². The largest absolute Gasteiger partial charge is 0.481 e. The molecule has 2 aromatic rings. The molecule has 0 radical (unpaired) electrons. The first-order chi connectivity index (χ1) is 12.0. The van der Waals surface area contributed by atoms with Gasteiger partial charge >= 0.3 is 5.97 Å². The number of hydrogen-bond acceptors (Lipinski definition) is 4. The van der Waals surface area contributed by atoms with E-state index >= 15 is 0 Å². The van der Waals surface area contributed by atoms with E-state index in [1.54, 1.807) is 24.3 Å². The number of amides is 1. The molecule has 0 spiro atoms. The molecule has 25 heavy (non-hydrogen) atoms. The van der Waals surface area contributed by atoms with Crippen molar-refractivity contribution in [3.05, 3.63) is 70.8 Å². The highest BCUT2D eigenvalue weighted by Crippen LogP contribution is 2.08. The summed E-state index contributed by atoms with van der Waals surface area (Å²) in [5.41, 5.74) is 8.22. The number of nitrogens with one attached hydrogen (secondary N) is 1. The van der Waals surface area contributed by atoms with Crippen LogP contribution in [-0.2, 0) is 17.8 Å². The second kappa shape index (κ2) is 8.49. The van der Waals surface area contributed by atoms with Gasteiger partial charge in [-0.15, -0.1) is 0 Å². The topological polar surface area (TPSA) is 125 Å². The molecule has 7 nitrogen and oxygen atoms in total. The minimum absolute atomic E-state index is 0.0633. The second-order valence-electron chi connectivity index (χ2n) is 5.46. The van der Waals surface area contributed by atoms with Crippen molar-refractivity contribution < 1.29 is 19.9 Å². The van der Waals surface area contributed by atoms with Crippen LogP contribution in [0.15, 0.2) is 53.7 Å². The second-order valence-corrected chi connectivity index (χ2v) is 5.46. The highest BCUT2D eigenvalue weighted by atomic mass is 16.4. The van der Waals surface area contributed by atoms with Crippen molar-refractivity contribution in [2.75, 3.05) is 0 Å². The molecule has 0 heterocycles. The highest BCUT2D eigenvalue weighted by Gasteiger charge is 2.08. The van der Waals surface area contributed by atoms with E-state index in [1.807, 2.05) is 24.3 Å². The van der Waals surface area contributed by atoms with Crippen LogP contribution in [0, 0.1) is 0 Å². The first kappa shape index (κ1) is 18.0. The van der Waals surface area contributed by atoms with Crippen molar-refractivity contribution in [1.29, 1.82) is 0 Å². The molecule has 1 amide bonds. The third kappa shape index (κ3) is 5.35. The lowest BCUT2D eigenvalue weighted by molar-refractivity contribution is -0.136. The van der Waals surface area contributed by atoms with Gasteiger partial charge in [-0.05, 0) is 29.7 Å². The molecule has 0 fully saturated rings. The number of carbonyl (C=O) groups excluding carboxylic acids is 1. The Hall–Kier alpha value is -3.35. The van der Waals surface area contributed by atoms with Crippen LogP contribution in [0.3, 0.4) is 0 Å². The Morgan fingerprint density at radius 3 is 2.32 bits per heavy atom. The van der Waals surface area contributed by atoms with Crippen LogP contribution in [0.4, 0.5) is 0 Å². The average Bonchev–Trinajstić information content (AvgIpc) is 2.64. The molecule has 5 N–H and O–H groups in total. The lowest BCUT2D eigenvalue weighted by atomic mass is 10.1. The van der Waals surface area contributed by atoms with Gasteiger partial charge in [0.2, 0.25) is 0 Å². The van der Waals surface area contributed by atoms with E-state index in [0.29, 0.717) is 24.1 Å². The lowest BCUT2D eigenvalue weighted by Gasteiger charge is -2.07. The molecule has 0 bridgehead atoms. The molecule has 0 aliphatic heterocycles. The molecular formula is C18H19N3O4. The third-order valence-electron chi connectivity index (χ3n) is 3.63. The Morgan fingerprint density at radius 1 is 1.04 bits per heavy atom. The number of carbonyl (C=O) groups is 2. The maximum atomic E-state index is 12.2. The van der Waals surface area contributed by atoms with Crippen LogP contribution >= 0.6 is 0 Å². The number of nitrogens with two attached hydrogens (primary N) is 1. The number of rotatable bonds is 7. The first-order valence-corrected chi connectivity index (χ1v) is 7.65. The zero-order valence-corrected chi connectivity index (χ0v) is 13.5. The quantitative estimate of drug-likeness (QED) is 0.264. The predicted octanol–water partition coefficient (Wildman–Crippen LogP) is 1.73. The number of benzene rings is 2. The number of hydrogen-bond donors (Lipinski definition) is 4.